The monoisotopic (exact) mass is 544 g/mol. The molecule has 2 aliphatic heterocycles. The van der Waals surface area contributed by atoms with Gasteiger partial charge in [0.1, 0.15) is 18.3 Å². The molecule has 6 N–H and O–H groups in total. The highest BCUT2D eigenvalue weighted by atomic mass is 31.2. The second-order valence-corrected chi connectivity index (χ2v) is 10.5. The number of hydrogen-bond donors (Lipinski definition) is 5. The molecule has 4 rings (SSSR count). The van der Waals surface area contributed by atoms with Crippen molar-refractivity contribution in [3.63, 3.8) is 0 Å². The van der Waals surface area contributed by atoms with E-state index in [2.05, 4.69) is 24.8 Å². The Hall–Kier alpha value is -2.23. The molecule has 16 heteroatoms. The predicted molar refractivity (Wildman–Crippen MR) is 128 cm³/mol. The maximum absolute atomic E-state index is 12.4. The van der Waals surface area contributed by atoms with Crippen LogP contribution in [0.3, 0.4) is 0 Å². The Balaban J connectivity index is 1.43. The number of nitrogens with zero attached hydrogens (tertiary/aromatic N) is 3. The molecule has 0 radical (unpaired) electrons. The Kier molecular flexibility index (Phi) is 8.76. The van der Waals surface area contributed by atoms with Gasteiger partial charge < -0.3 is 40.0 Å². The van der Waals surface area contributed by atoms with Gasteiger partial charge in [-0.3, -0.25) is 18.7 Å². The molecule has 2 saturated heterocycles. The van der Waals surface area contributed by atoms with Crippen LogP contribution in [0.25, 0.3) is 11.2 Å². The fourth-order valence-electron chi connectivity index (χ4n) is 4.55. The summed E-state index contributed by atoms with van der Waals surface area (Å²) in [5.41, 5.74) is 5.39. The van der Waals surface area contributed by atoms with Crippen molar-refractivity contribution >= 4 is 24.9 Å². The smallest absolute Gasteiger partial charge is 0.356 e. The fourth-order valence-corrected chi connectivity index (χ4v) is 4.90. The summed E-state index contributed by atoms with van der Waals surface area (Å²) in [6.45, 7) is 2.46. The number of H-pyrrole nitrogens is 1. The number of rotatable bonds is 13. The lowest BCUT2D eigenvalue weighted by Crippen LogP contribution is -2.35. The molecule has 4 heterocycles. The molecule has 0 bridgehead atoms. The molecule has 5 atom stereocenters. The third-order valence-corrected chi connectivity index (χ3v) is 6.85. The number of unbranched alkanes of at least 4 members (excludes halogenated alkanes) is 3. The number of ether oxygens (including phenoxy) is 3. The molecule has 0 saturated carbocycles. The number of carbonyl (C=O) groups excluding carboxylic acids is 1. The van der Waals surface area contributed by atoms with Gasteiger partial charge in [0.25, 0.3) is 5.56 Å². The van der Waals surface area contributed by atoms with Crippen LogP contribution < -0.4 is 16.6 Å². The Labute approximate surface area is 212 Å². The first-order valence-corrected chi connectivity index (χ1v) is 13.7. The standard InChI is InChI=1S/C21H33N6O9P/c1-21(7-6-14(28)23-9-5-3-2-4-8-22)35-16-13(10-33-37(30,31)32)34-20(17(16)36-21)27-12-26-15-18(27)24-11-25-19(15)29/h11-13,16-17,20H,2-10,22H2,1H3,(H,23,28)(H,24,25,29)(H2,30,31,32). The van der Waals surface area contributed by atoms with E-state index in [0.29, 0.717) is 13.1 Å². The van der Waals surface area contributed by atoms with Crippen LogP contribution in [0.4, 0.5) is 0 Å². The van der Waals surface area contributed by atoms with Crippen molar-refractivity contribution in [3.8, 4) is 0 Å². The first-order chi connectivity index (χ1) is 17.6. The highest BCUT2D eigenvalue weighted by Crippen LogP contribution is 2.46. The average molecular weight is 545 g/mol. The summed E-state index contributed by atoms with van der Waals surface area (Å²) in [6, 6.07) is 0. The largest absolute Gasteiger partial charge is 0.469 e. The maximum Gasteiger partial charge on any atom is 0.469 e. The average Bonchev–Trinajstić information content (AvgIpc) is 3.51. The lowest BCUT2D eigenvalue weighted by Gasteiger charge is -2.28. The molecule has 2 aromatic rings. The number of aromatic nitrogens is 4. The van der Waals surface area contributed by atoms with Crippen molar-refractivity contribution in [2.75, 3.05) is 19.7 Å². The van der Waals surface area contributed by atoms with Crippen molar-refractivity contribution in [2.45, 2.75) is 75.8 Å². The molecule has 206 valence electrons. The molecule has 1 amide bonds. The Morgan fingerprint density at radius 2 is 2.03 bits per heavy atom. The number of aromatic amines is 1. The van der Waals surface area contributed by atoms with E-state index in [9.17, 15) is 14.2 Å². The first kappa shape index (κ1) is 27.8. The van der Waals surface area contributed by atoms with E-state index in [1.165, 1.54) is 17.2 Å². The topological polar surface area (TPSA) is 213 Å². The van der Waals surface area contributed by atoms with Gasteiger partial charge in [-0.1, -0.05) is 12.8 Å². The van der Waals surface area contributed by atoms with E-state index in [-0.39, 0.29) is 29.9 Å². The van der Waals surface area contributed by atoms with Gasteiger partial charge in [0, 0.05) is 19.4 Å². The van der Waals surface area contributed by atoms with Crippen molar-refractivity contribution in [3.05, 3.63) is 23.0 Å². The molecule has 0 aromatic carbocycles. The Morgan fingerprint density at radius 3 is 2.78 bits per heavy atom. The molecule has 37 heavy (non-hydrogen) atoms. The van der Waals surface area contributed by atoms with Crippen molar-refractivity contribution in [1.29, 1.82) is 0 Å². The molecule has 0 spiro atoms. The van der Waals surface area contributed by atoms with Gasteiger partial charge >= 0.3 is 7.82 Å². The quantitative estimate of drug-likeness (QED) is 0.167. The minimum atomic E-state index is -4.77. The molecule has 15 nitrogen and oxygen atoms in total. The Morgan fingerprint density at radius 1 is 1.27 bits per heavy atom. The van der Waals surface area contributed by atoms with Gasteiger partial charge in [0.05, 0.1) is 19.3 Å². The number of phosphoric acid groups is 1. The van der Waals surface area contributed by atoms with Crippen molar-refractivity contribution in [2.24, 2.45) is 5.73 Å². The summed E-state index contributed by atoms with van der Waals surface area (Å²) in [6.07, 6.45) is 3.55. The lowest BCUT2D eigenvalue weighted by molar-refractivity contribution is -0.213. The van der Waals surface area contributed by atoms with Crippen molar-refractivity contribution in [1.82, 2.24) is 24.8 Å². The van der Waals surface area contributed by atoms with E-state index in [1.54, 1.807) is 6.92 Å². The van der Waals surface area contributed by atoms with E-state index in [4.69, 9.17) is 29.7 Å². The van der Waals surface area contributed by atoms with Crippen LogP contribution in [0.5, 0.6) is 0 Å². The summed E-state index contributed by atoms with van der Waals surface area (Å²) in [5.74, 6) is -1.31. The van der Waals surface area contributed by atoms with Gasteiger partial charge in [-0.2, -0.15) is 0 Å². The number of nitrogens with two attached hydrogens (primary N) is 1. The summed E-state index contributed by atoms with van der Waals surface area (Å²) in [4.78, 5) is 53.5. The van der Waals surface area contributed by atoms with Crippen LogP contribution in [-0.2, 0) is 28.1 Å². The number of amides is 1. The maximum atomic E-state index is 12.4. The number of carbonyl (C=O) groups is 1. The minimum Gasteiger partial charge on any atom is -0.356 e. The highest BCUT2D eigenvalue weighted by Gasteiger charge is 2.57. The third kappa shape index (κ3) is 6.81. The van der Waals surface area contributed by atoms with E-state index >= 15 is 0 Å². The van der Waals surface area contributed by atoms with Crippen LogP contribution in [0, 0.1) is 0 Å². The lowest BCUT2D eigenvalue weighted by atomic mass is 10.1. The molecular formula is C21H33N6O9P. The zero-order valence-corrected chi connectivity index (χ0v) is 21.3. The number of phosphoric ester groups is 1. The van der Waals surface area contributed by atoms with Crippen molar-refractivity contribution < 1.29 is 37.9 Å². The van der Waals surface area contributed by atoms with Crippen LogP contribution in [0.2, 0.25) is 0 Å². The zero-order chi connectivity index (χ0) is 26.6. The van der Waals surface area contributed by atoms with Crippen LogP contribution in [0.15, 0.2) is 17.4 Å². The Bertz CT molecular complexity index is 1180. The molecule has 2 aromatic heterocycles. The van der Waals surface area contributed by atoms with E-state index in [0.717, 1.165) is 25.7 Å². The minimum absolute atomic E-state index is 0.0962. The van der Waals surface area contributed by atoms with Crippen LogP contribution >= 0.6 is 7.82 Å². The summed E-state index contributed by atoms with van der Waals surface area (Å²) in [7, 11) is -4.77. The van der Waals surface area contributed by atoms with Gasteiger partial charge in [-0.25, -0.2) is 14.5 Å². The van der Waals surface area contributed by atoms with E-state index in [1.807, 2.05) is 0 Å². The van der Waals surface area contributed by atoms with Crippen LogP contribution in [-0.4, -0.2) is 79.0 Å². The molecule has 2 fully saturated rings. The summed E-state index contributed by atoms with van der Waals surface area (Å²) in [5, 5.41) is 2.89. The normalized spacial score (nSPS) is 27.6. The molecular weight excluding hydrogens is 511 g/mol. The number of hydrogen-bond acceptors (Lipinski definition) is 10. The first-order valence-electron chi connectivity index (χ1n) is 12.2. The predicted octanol–water partition coefficient (Wildman–Crippen LogP) is 0.0420. The molecule has 0 aliphatic carbocycles. The number of nitrogens with one attached hydrogen (secondary N) is 2. The van der Waals surface area contributed by atoms with Gasteiger partial charge in [0.15, 0.2) is 23.2 Å². The second kappa shape index (κ2) is 11.7. The van der Waals surface area contributed by atoms with Gasteiger partial charge in [-0.05, 0) is 26.3 Å². The molecule has 5 unspecified atom stereocenters. The van der Waals surface area contributed by atoms with Gasteiger partial charge in [-0.15, -0.1) is 0 Å². The second-order valence-electron chi connectivity index (χ2n) is 9.26. The highest BCUT2D eigenvalue weighted by molar-refractivity contribution is 7.46. The number of fused-ring (bicyclic) bond motifs is 2. The molecule has 2 aliphatic rings. The summed E-state index contributed by atoms with van der Waals surface area (Å²) < 4.78 is 35.8. The third-order valence-electron chi connectivity index (χ3n) is 6.36. The van der Waals surface area contributed by atoms with E-state index < -0.39 is 50.3 Å². The zero-order valence-electron chi connectivity index (χ0n) is 20.4. The SMILES string of the molecule is CC1(CCC(=O)NCCCCCCN)OC2C(COP(=O)(O)O)OC(n3cnc4c(=O)[nH]cnc43)C2O1. The fraction of sp³-hybridized carbons (Fsp3) is 0.714. The summed E-state index contributed by atoms with van der Waals surface area (Å²) >= 11 is 0. The number of imidazole rings is 1. The van der Waals surface area contributed by atoms with Gasteiger partial charge in [0.2, 0.25) is 5.91 Å². The van der Waals surface area contributed by atoms with Crippen LogP contribution in [0.1, 0.15) is 51.7 Å².